The Morgan fingerprint density at radius 3 is 2.43 bits per heavy atom. The van der Waals surface area contributed by atoms with E-state index in [9.17, 15) is 4.79 Å². The number of carbonyl (C=O) groups excluding carboxylic acids is 1. The summed E-state index contributed by atoms with van der Waals surface area (Å²) in [6, 6.07) is 0. The van der Waals surface area contributed by atoms with Crippen LogP contribution < -0.4 is 9.64 Å². The topological polar surface area (TPSA) is 29.5 Å². The zero-order valence-corrected chi connectivity index (χ0v) is 15.5. The molecule has 0 spiro atoms. The zero-order valence-electron chi connectivity index (χ0n) is 13.3. The highest BCUT2D eigenvalue weighted by molar-refractivity contribution is 14.1. The number of halogens is 1. The van der Waals surface area contributed by atoms with Gasteiger partial charge in [0.2, 0.25) is 6.41 Å². The van der Waals surface area contributed by atoms with Crippen LogP contribution in [-0.2, 0) is 17.6 Å². The summed E-state index contributed by atoms with van der Waals surface area (Å²) in [6.45, 7) is 10.7. The van der Waals surface area contributed by atoms with E-state index in [1.54, 1.807) is 0 Å². The predicted molar refractivity (Wildman–Crippen MR) is 93.9 cm³/mol. The molecular weight excluding hydrogens is 377 g/mol. The molecule has 1 unspecified atom stereocenters. The average Bonchev–Trinajstić information content (AvgIpc) is 2.91. The van der Waals surface area contributed by atoms with E-state index in [1.165, 1.54) is 22.3 Å². The summed E-state index contributed by atoms with van der Waals surface area (Å²) in [7, 11) is 0. The number of amides is 1. The third-order valence-corrected chi connectivity index (χ3v) is 6.59. The number of alkyl halides is 1. The minimum absolute atomic E-state index is 0.117. The van der Waals surface area contributed by atoms with E-state index in [1.807, 2.05) is 4.90 Å². The van der Waals surface area contributed by atoms with Gasteiger partial charge in [-0.05, 0) is 57.7 Å². The molecule has 0 N–H and O–H groups in total. The molecule has 1 aromatic rings. The maximum atomic E-state index is 11.6. The highest BCUT2D eigenvalue weighted by Crippen LogP contribution is 2.51. The SMILES string of the molecule is Cc1c(C)c2c(c3c1OC(C)(CI)C3)CC(C)(C)N2C=O. The molecule has 3 nitrogen and oxygen atoms in total. The maximum absolute atomic E-state index is 11.6. The van der Waals surface area contributed by atoms with Gasteiger partial charge in [-0.1, -0.05) is 22.6 Å². The molecular formula is C17H22INO2. The molecule has 1 aromatic carbocycles. The first-order valence-electron chi connectivity index (χ1n) is 7.38. The minimum Gasteiger partial charge on any atom is -0.486 e. The fourth-order valence-electron chi connectivity index (χ4n) is 3.67. The molecule has 0 aliphatic carbocycles. The summed E-state index contributed by atoms with van der Waals surface area (Å²) in [5, 5.41) is 0. The van der Waals surface area contributed by atoms with E-state index >= 15 is 0 Å². The first-order chi connectivity index (χ1) is 9.74. The number of carbonyl (C=O) groups is 1. The molecule has 0 radical (unpaired) electrons. The van der Waals surface area contributed by atoms with E-state index in [-0.39, 0.29) is 11.1 Å². The zero-order chi connectivity index (χ0) is 15.6. The van der Waals surface area contributed by atoms with Crippen molar-refractivity contribution in [2.75, 3.05) is 9.33 Å². The van der Waals surface area contributed by atoms with Crippen molar-refractivity contribution in [2.24, 2.45) is 0 Å². The van der Waals surface area contributed by atoms with E-state index in [4.69, 9.17) is 4.74 Å². The lowest BCUT2D eigenvalue weighted by Crippen LogP contribution is -2.40. The van der Waals surface area contributed by atoms with Gasteiger partial charge in [-0.2, -0.15) is 0 Å². The molecule has 114 valence electrons. The minimum atomic E-state index is -0.153. The van der Waals surface area contributed by atoms with Gasteiger partial charge in [0.25, 0.3) is 0 Å². The van der Waals surface area contributed by atoms with E-state index in [2.05, 4.69) is 57.2 Å². The fourth-order valence-corrected chi connectivity index (χ4v) is 4.09. The number of nitrogens with zero attached hydrogens (tertiary/aromatic N) is 1. The van der Waals surface area contributed by atoms with Crippen molar-refractivity contribution in [3.8, 4) is 5.75 Å². The van der Waals surface area contributed by atoms with Gasteiger partial charge in [-0.15, -0.1) is 0 Å². The molecule has 2 aliphatic rings. The number of anilines is 1. The van der Waals surface area contributed by atoms with Crippen molar-refractivity contribution in [2.45, 2.75) is 58.6 Å². The van der Waals surface area contributed by atoms with Crippen LogP contribution in [0.1, 0.15) is 43.0 Å². The predicted octanol–water partition coefficient (Wildman–Crippen LogP) is 3.73. The molecule has 0 aromatic heterocycles. The van der Waals surface area contributed by atoms with Gasteiger partial charge in [0, 0.05) is 22.0 Å². The Morgan fingerprint density at radius 1 is 1.19 bits per heavy atom. The van der Waals surface area contributed by atoms with Crippen molar-refractivity contribution in [3.63, 3.8) is 0 Å². The molecule has 1 amide bonds. The van der Waals surface area contributed by atoms with Gasteiger partial charge in [0.15, 0.2) is 0 Å². The van der Waals surface area contributed by atoms with Gasteiger partial charge >= 0.3 is 0 Å². The Bertz CT molecular complexity index is 638. The monoisotopic (exact) mass is 399 g/mol. The fraction of sp³-hybridized carbons (Fsp3) is 0.588. The van der Waals surface area contributed by atoms with E-state index in [0.717, 1.165) is 35.1 Å². The maximum Gasteiger partial charge on any atom is 0.214 e. The summed E-state index contributed by atoms with van der Waals surface area (Å²) >= 11 is 2.40. The third-order valence-electron chi connectivity index (χ3n) is 4.97. The number of fused-ring (bicyclic) bond motifs is 3. The lowest BCUT2D eigenvalue weighted by atomic mass is 9.90. The van der Waals surface area contributed by atoms with Crippen LogP contribution in [0.15, 0.2) is 0 Å². The van der Waals surface area contributed by atoms with Crippen LogP contribution in [0.3, 0.4) is 0 Å². The van der Waals surface area contributed by atoms with Crippen molar-refractivity contribution in [1.82, 2.24) is 0 Å². The van der Waals surface area contributed by atoms with Crippen LogP contribution in [0.5, 0.6) is 5.75 Å². The highest BCUT2D eigenvalue weighted by Gasteiger charge is 2.44. The number of benzene rings is 1. The van der Waals surface area contributed by atoms with Crippen molar-refractivity contribution >= 4 is 34.7 Å². The molecule has 3 rings (SSSR count). The number of ether oxygens (including phenoxy) is 1. The van der Waals surface area contributed by atoms with Gasteiger partial charge in [-0.3, -0.25) is 4.79 Å². The number of rotatable bonds is 2. The smallest absolute Gasteiger partial charge is 0.214 e. The van der Waals surface area contributed by atoms with Gasteiger partial charge < -0.3 is 9.64 Å². The Balaban J connectivity index is 2.25. The van der Waals surface area contributed by atoms with Gasteiger partial charge in [0.1, 0.15) is 11.4 Å². The van der Waals surface area contributed by atoms with Crippen LogP contribution in [0, 0.1) is 13.8 Å². The van der Waals surface area contributed by atoms with Gasteiger partial charge in [0.05, 0.1) is 5.69 Å². The van der Waals surface area contributed by atoms with Crippen LogP contribution in [0.25, 0.3) is 0 Å². The Morgan fingerprint density at radius 2 is 1.86 bits per heavy atom. The first-order valence-corrected chi connectivity index (χ1v) is 8.91. The summed E-state index contributed by atoms with van der Waals surface area (Å²) in [5.41, 5.74) is 5.85. The largest absolute Gasteiger partial charge is 0.486 e. The van der Waals surface area contributed by atoms with Crippen LogP contribution >= 0.6 is 22.6 Å². The molecule has 0 saturated heterocycles. The highest BCUT2D eigenvalue weighted by atomic mass is 127. The second kappa shape index (κ2) is 4.61. The lowest BCUT2D eigenvalue weighted by molar-refractivity contribution is -0.108. The van der Waals surface area contributed by atoms with Crippen molar-refractivity contribution < 1.29 is 9.53 Å². The second-order valence-electron chi connectivity index (χ2n) is 7.21. The second-order valence-corrected chi connectivity index (χ2v) is 7.97. The van der Waals surface area contributed by atoms with Gasteiger partial charge in [-0.25, -0.2) is 0 Å². The van der Waals surface area contributed by atoms with Crippen molar-refractivity contribution in [3.05, 3.63) is 22.3 Å². The summed E-state index contributed by atoms with van der Waals surface area (Å²) in [6.07, 6.45) is 2.83. The number of hydrogen-bond donors (Lipinski definition) is 0. The standard InChI is InChI=1S/C17H22INO2/c1-10-11(2)15-13(7-17(5,8-18)21-15)12-6-16(3,4)19(9-20)14(10)12/h9H,6-8H2,1-5H3. The van der Waals surface area contributed by atoms with Crippen molar-refractivity contribution in [1.29, 1.82) is 0 Å². The molecule has 1 atom stereocenters. The van der Waals surface area contributed by atoms with Crippen LogP contribution in [0.4, 0.5) is 5.69 Å². The number of hydrogen-bond acceptors (Lipinski definition) is 2. The molecule has 2 heterocycles. The molecule has 0 fully saturated rings. The summed E-state index contributed by atoms with van der Waals surface area (Å²) < 4.78 is 7.27. The third kappa shape index (κ3) is 2.01. The Kier molecular flexibility index (Phi) is 3.32. The normalized spacial score (nSPS) is 25.5. The summed E-state index contributed by atoms with van der Waals surface area (Å²) in [4.78, 5) is 13.5. The first kappa shape index (κ1) is 15.1. The van der Waals surface area contributed by atoms with Crippen LogP contribution in [0.2, 0.25) is 0 Å². The lowest BCUT2D eigenvalue weighted by Gasteiger charge is -2.29. The van der Waals surface area contributed by atoms with Crippen LogP contribution in [-0.4, -0.2) is 22.0 Å². The molecule has 0 bridgehead atoms. The quantitative estimate of drug-likeness (QED) is 0.431. The Hall–Kier alpha value is -0.780. The molecule has 21 heavy (non-hydrogen) atoms. The molecule has 4 heteroatoms. The summed E-state index contributed by atoms with van der Waals surface area (Å²) in [5.74, 6) is 1.06. The molecule has 2 aliphatic heterocycles. The van der Waals surface area contributed by atoms with E-state index in [0.29, 0.717) is 0 Å². The molecule has 0 saturated carbocycles. The average molecular weight is 399 g/mol. The Labute approximate surface area is 140 Å². The van der Waals surface area contributed by atoms with E-state index < -0.39 is 0 Å².